The lowest BCUT2D eigenvalue weighted by Gasteiger charge is -1.81. The van der Waals surface area contributed by atoms with Crippen LogP contribution in [-0.4, -0.2) is 4.98 Å². The predicted octanol–water partition coefficient (Wildman–Crippen LogP) is 4.19. The first-order valence-corrected chi connectivity index (χ1v) is 5.16. The normalized spacial score (nSPS) is 8.36. The summed E-state index contributed by atoms with van der Waals surface area (Å²) in [6.45, 7) is 9.93. The Morgan fingerprint density at radius 3 is 2.36 bits per heavy atom. The van der Waals surface area contributed by atoms with Crippen LogP contribution in [0.3, 0.4) is 0 Å². The van der Waals surface area contributed by atoms with E-state index in [0.717, 1.165) is 16.7 Å². The molecule has 0 aliphatic rings. The topological polar surface area (TPSA) is 26.0 Å². The zero-order chi connectivity index (χ0) is 11.0. The Labute approximate surface area is 86.0 Å². The second-order valence-electron chi connectivity index (χ2n) is 2.27. The van der Waals surface area contributed by atoms with Crippen LogP contribution in [0.15, 0.2) is 28.9 Å². The molecule has 0 fully saturated rings. The number of rotatable bonds is 0. The van der Waals surface area contributed by atoms with E-state index >= 15 is 0 Å². The van der Waals surface area contributed by atoms with Gasteiger partial charge in [-0.2, -0.15) is 0 Å². The number of aryl methyl sites for hydroxylation is 1. The van der Waals surface area contributed by atoms with Crippen LogP contribution < -0.4 is 0 Å². The molecule has 0 aliphatic heterocycles. The fraction of sp³-hybridized carbons (Fsp3) is 0.417. The Morgan fingerprint density at radius 2 is 1.79 bits per heavy atom. The lowest BCUT2D eigenvalue weighted by atomic mass is 10.3. The zero-order valence-corrected chi connectivity index (χ0v) is 9.66. The first-order chi connectivity index (χ1) is 6.86. The summed E-state index contributed by atoms with van der Waals surface area (Å²) in [6.07, 6.45) is 3.49. The summed E-state index contributed by atoms with van der Waals surface area (Å²) in [5.74, 6) is 0.933. The maximum atomic E-state index is 5.31. The minimum Gasteiger partial charge on any atom is -0.460 e. The number of nitrogens with zero attached hydrogens (tertiary/aromatic N) is 1. The molecular formula is C12H19NO. The van der Waals surface area contributed by atoms with Crippen molar-refractivity contribution in [2.24, 2.45) is 0 Å². The molecule has 2 aromatic rings. The molecule has 0 amide bonds. The summed E-state index contributed by atoms with van der Waals surface area (Å²) >= 11 is 0. The maximum absolute atomic E-state index is 5.31. The Bertz CT molecular complexity index is 319. The third kappa shape index (κ3) is 3.21. The van der Waals surface area contributed by atoms with Crippen molar-refractivity contribution in [3.05, 3.63) is 30.3 Å². The molecule has 0 bridgehead atoms. The largest absolute Gasteiger partial charge is 0.460 e. The van der Waals surface area contributed by atoms with Crippen LogP contribution in [0.5, 0.6) is 0 Å². The monoisotopic (exact) mass is 193 g/mol. The van der Waals surface area contributed by atoms with Gasteiger partial charge in [0, 0.05) is 11.6 Å². The number of hydrogen-bond acceptors (Lipinski definition) is 2. The van der Waals surface area contributed by atoms with Crippen LogP contribution in [0.1, 0.15) is 33.5 Å². The summed E-state index contributed by atoms with van der Waals surface area (Å²) in [7, 11) is 0. The van der Waals surface area contributed by atoms with Crippen LogP contribution in [-0.2, 0) is 0 Å². The summed E-state index contributed by atoms with van der Waals surface area (Å²) < 4.78 is 5.31. The minimum absolute atomic E-state index is 0.861. The smallest absolute Gasteiger partial charge is 0.152 e. The molecule has 0 radical (unpaired) electrons. The summed E-state index contributed by atoms with van der Waals surface area (Å²) in [5.41, 5.74) is 0.861. The summed E-state index contributed by atoms with van der Waals surface area (Å²) in [4.78, 5) is 3.93. The van der Waals surface area contributed by atoms with Gasteiger partial charge in [0.15, 0.2) is 5.58 Å². The molecule has 2 heterocycles. The molecule has 2 heteroatoms. The van der Waals surface area contributed by atoms with Crippen LogP contribution in [0.4, 0.5) is 0 Å². The molecule has 0 N–H and O–H groups in total. The quantitative estimate of drug-likeness (QED) is 0.627. The first-order valence-electron chi connectivity index (χ1n) is 5.16. The summed E-state index contributed by atoms with van der Waals surface area (Å²) in [5, 5.41) is 1.12. The number of aromatic nitrogens is 1. The fourth-order valence-electron chi connectivity index (χ4n) is 1.02. The number of pyridine rings is 1. The standard InChI is InChI=1S/C8H7NO.2C2H6/c1-6-4-7-2-3-9-5-8(7)10-6;2*1-2/h2-5H,1H3;2*1-2H3. The van der Waals surface area contributed by atoms with Gasteiger partial charge in [-0.15, -0.1) is 0 Å². The lowest BCUT2D eigenvalue weighted by molar-refractivity contribution is 0.577. The highest BCUT2D eigenvalue weighted by Crippen LogP contribution is 2.15. The van der Waals surface area contributed by atoms with Crippen molar-refractivity contribution in [3.8, 4) is 0 Å². The van der Waals surface area contributed by atoms with Gasteiger partial charge in [0.25, 0.3) is 0 Å². The van der Waals surface area contributed by atoms with E-state index in [1.807, 2.05) is 46.8 Å². The Hall–Kier alpha value is -1.31. The van der Waals surface area contributed by atoms with E-state index < -0.39 is 0 Å². The summed E-state index contributed by atoms with van der Waals surface area (Å²) in [6, 6.07) is 3.93. The van der Waals surface area contributed by atoms with Gasteiger partial charge >= 0.3 is 0 Å². The molecule has 2 aromatic heterocycles. The lowest BCUT2D eigenvalue weighted by Crippen LogP contribution is -1.65. The number of furan rings is 1. The van der Waals surface area contributed by atoms with Crippen molar-refractivity contribution in [2.45, 2.75) is 34.6 Å². The molecule has 78 valence electrons. The first kappa shape index (κ1) is 12.7. The molecule has 0 saturated carbocycles. The van der Waals surface area contributed by atoms with Gasteiger partial charge in [0.1, 0.15) is 5.76 Å². The average Bonchev–Trinajstić information content (AvgIpc) is 2.64. The zero-order valence-electron chi connectivity index (χ0n) is 9.66. The van der Waals surface area contributed by atoms with Crippen LogP contribution >= 0.6 is 0 Å². The van der Waals surface area contributed by atoms with Crippen LogP contribution in [0.2, 0.25) is 0 Å². The second kappa shape index (κ2) is 7.13. The van der Waals surface area contributed by atoms with Crippen molar-refractivity contribution in [2.75, 3.05) is 0 Å². The Balaban J connectivity index is 0.000000379. The molecule has 0 atom stereocenters. The maximum Gasteiger partial charge on any atom is 0.152 e. The Morgan fingerprint density at radius 1 is 1.14 bits per heavy atom. The third-order valence-corrected chi connectivity index (χ3v) is 1.45. The van der Waals surface area contributed by atoms with Crippen molar-refractivity contribution in [3.63, 3.8) is 0 Å². The van der Waals surface area contributed by atoms with E-state index in [0.29, 0.717) is 0 Å². The minimum atomic E-state index is 0.861. The number of fused-ring (bicyclic) bond motifs is 1. The van der Waals surface area contributed by atoms with E-state index in [2.05, 4.69) is 4.98 Å². The predicted molar refractivity (Wildman–Crippen MR) is 61.4 cm³/mol. The third-order valence-electron chi connectivity index (χ3n) is 1.45. The van der Waals surface area contributed by atoms with Gasteiger partial charge in [-0.25, -0.2) is 0 Å². The molecule has 2 rings (SSSR count). The fourth-order valence-corrected chi connectivity index (χ4v) is 1.02. The molecule has 0 saturated heterocycles. The van der Waals surface area contributed by atoms with E-state index in [1.165, 1.54) is 0 Å². The van der Waals surface area contributed by atoms with Gasteiger partial charge < -0.3 is 4.42 Å². The average molecular weight is 193 g/mol. The number of hydrogen-bond donors (Lipinski definition) is 0. The Kier molecular flexibility index (Phi) is 6.46. The van der Waals surface area contributed by atoms with Crippen molar-refractivity contribution in [1.82, 2.24) is 4.98 Å². The molecule has 0 unspecified atom stereocenters. The van der Waals surface area contributed by atoms with E-state index in [1.54, 1.807) is 12.4 Å². The van der Waals surface area contributed by atoms with Crippen LogP contribution in [0, 0.1) is 6.92 Å². The molecule has 0 spiro atoms. The van der Waals surface area contributed by atoms with Crippen molar-refractivity contribution < 1.29 is 4.42 Å². The highest BCUT2D eigenvalue weighted by molar-refractivity contribution is 5.76. The van der Waals surface area contributed by atoms with E-state index in [-0.39, 0.29) is 0 Å². The van der Waals surface area contributed by atoms with Crippen molar-refractivity contribution >= 4 is 11.0 Å². The van der Waals surface area contributed by atoms with Gasteiger partial charge in [-0.1, -0.05) is 27.7 Å². The SMILES string of the molecule is CC.CC.Cc1cc2ccncc2o1. The molecular weight excluding hydrogens is 174 g/mol. The molecule has 14 heavy (non-hydrogen) atoms. The molecule has 0 aromatic carbocycles. The van der Waals surface area contributed by atoms with Crippen LogP contribution in [0.25, 0.3) is 11.0 Å². The van der Waals surface area contributed by atoms with Gasteiger partial charge in [-0.3, -0.25) is 4.98 Å². The van der Waals surface area contributed by atoms with Gasteiger partial charge in [0.05, 0.1) is 6.20 Å². The molecule has 0 aliphatic carbocycles. The highest BCUT2D eigenvalue weighted by atomic mass is 16.3. The highest BCUT2D eigenvalue weighted by Gasteiger charge is 1.96. The van der Waals surface area contributed by atoms with Gasteiger partial charge in [-0.05, 0) is 19.1 Å². The van der Waals surface area contributed by atoms with Gasteiger partial charge in [0.2, 0.25) is 0 Å². The van der Waals surface area contributed by atoms with E-state index in [9.17, 15) is 0 Å². The molecule has 2 nitrogen and oxygen atoms in total. The van der Waals surface area contributed by atoms with Crippen molar-refractivity contribution in [1.29, 1.82) is 0 Å². The van der Waals surface area contributed by atoms with E-state index in [4.69, 9.17) is 4.42 Å². The second-order valence-corrected chi connectivity index (χ2v) is 2.27.